The Labute approximate surface area is 161 Å². The molecule has 3 atom stereocenters. The summed E-state index contributed by atoms with van der Waals surface area (Å²) in [5.41, 5.74) is 2.59. The molecular formula is C21H30N2O4. The van der Waals surface area contributed by atoms with Gasteiger partial charge in [0.05, 0.1) is 0 Å². The molecule has 148 valence electrons. The second-order valence-corrected chi connectivity index (χ2v) is 7.58. The van der Waals surface area contributed by atoms with Crippen LogP contribution in [0.4, 0.5) is 0 Å². The minimum absolute atomic E-state index is 0.129. The highest BCUT2D eigenvalue weighted by Crippen LogP contribution is 2.29. The lowest BCUT2D eigenvalue weighted by molar-refractivity contribution is -0.147. The number of amides is 2. The van der Waals surface area contributed by atoms with Crippen LogP contribution < -0.4 is 10.6 Å². The molecule has 1 aromatic rings. The predicted molar refractivity (Wildman–Crippen MR) is 103 cm³/mol. The largest absolute Gasteiger partial charge is 0.454 e. The Bertz CT molecular complexity index is 701. The first kappa shape index (κ1) is 20.9. The molecule has 0 aliphatic heterocycles. The van der Waals surface area contributed by atoms with Crippen LogP contribution in [-0.4, -0.2) is 37.0 Å². The molecule has 2 rings (SSSR count). The van der Waals surface area contributed by atoms with Gasteiger partial charge in [0, 0.05) is 11.6 Å². The van der Waals surface area contributed by atoms with Crippen LogP contribution >= 0.6 is 0 Å². The second-order valence-electron chi connectivity index (χ2n) is 7.58. The molecule has 1 aliphatic carbocycles. The molecule has 6 heteroatoms. The van der Waals surface area contributed by atoms with E-state index in [2.05, 4.69) is 24.5 Å². The molecule has 0 heterocycles. The molecule has 0 radical (unpaired) electrons. The van der Waals surface area contributed by atoms with Crippen LogP contribution in [0.15, 0.2) is 18.2 Å². The summed E-state index contributed by atoms with van der Waals surface area (Å²) >= 11 is 0. The van der Waals surface area contributed by atoms with Crippen LogP contribution in [0.2, 0.25) is 0 Å². The maximum Gasteiger partial charge on any atom is 0.325 e. The lowest BCUT2D eigenvalue weighted by atomic mass is 9.78. The van der Waals surface area contributed by atoms with Gasteiger partial charge in [-0.05, 0) is 55.4 Å². The van der Waals surface area contributed by atoms with Crippen LogP contribution in [0.25, 0.3) is 0 Å². The fourth-order valence-corrected chi connectivity index (χ4v) is 3.37. The van der Waals surface area contributed by atoms with Crippen molar-refractivity contribution in [2.75, 3.05) is 13.2 Å². The van der Waals surface area contributed by atoms with Crippen LogP contribution in [0.1, 0.15) is 54.6 Å². The molecule has 1 aliphatic rings. The van der Waals surface area contributed by atoms with Gasteiger partial charge in [-0.1, -0.05) is 32.8 Å². The van der Waals surface area contributed by atoms with Crippen molar-refractivity contribution in [2.24, 2.45) is 11.8 Å². The summed E-state index contributed by atoms with van der Waals surface area (Å²) in [5.74, 6) is -0.283. The zero-order chi connectivity index (χ0) is 20.0. The maximum absolute atomic E-state index is 12.1. The van der Waals surface area contributed by atoms with Gasteiger partial charge < -0.3 is 15.4 Å². The predicted octanol–water partition coefficient (Wildman–Crippen LogP) is 2.52. The van der Waals surface area contributed by atoms with Crippen LogP contribution in [0.3, 0.4) is 0 Å². The van der Waals surface area contributed by atoms with Crippen LogP contribution in [0.5, 0.6) is 0 Å². The number of benzene rings is 1. The quantitative estimate of drug-likeness (QED) is 0.750. The molecule has 1 saturated carbocycles. The van der Waals surface area contributed by atoms with Gasteiger partial charge in [-0.2, -0.15) is 0 Å². The van der Waals surface area contributed by atoms with Crippen LogP contribution in [0, 0.1) is 25.7 Å². The van der Waals surface area contributed by atoms with Gasteiger partial charge in [0.25, 0.3) is 11.8 Å². The summed E-state index contributed by atoms with van der Waals surface area (Å²) in [4.78, 5) is 35.9. The number of carbonyl (C=O) groups excluding carboxylic acids is 3. The number of aryl methyl sites for hydroxylation is 2. The zero-order valence-corrected chi connectivity index (χ0v) is 16.6. The molecule has 1 aromatic carbocycles. The molecule has 0 bridgehead atoms. The number of esters is 1. The third-order valence-electron chi connectivity index (χ3n) is 5.58. The van der Waals surface area contributed by atoms with E-state index in [1.807, 2.05) is 19.9 Å². The Morgan fingerprint density at radius 1 is 1.11 bits per heavy atom. The van der Waals surface area contributed by atoms with Crippen molar-refractivity contribution in [3.05, 3.63) is 34.9 Å². The molecule has 0 aromatic heterocycles. The number of hydrogen-bond donors (Lipinski definition) is 2. The van der Waals surface area contributed by atoms with E-state index in [1.165, 1.54) is 6.42 Å². The van der Waals surface area contributed by atoms with E-state index in [1.54, 1.807) is 12.1 Å². The van der Waals surface area contributed by atoms with Gasteiger partial charge in [0.15, 0.2) is 6.61 Å². The molecule has 27 heavy (non-hydrogen) atoms. The Hall–Kier alpha value is -2.37. The summed E-state index contributed by atoms with van der Waals surface area (Å²) in [6.45, 7) is 7.64. The second kappa shape index (κ2) is 9.53. The van der Waals surface area contributed by atoms with Gasteiger partial charge in [-0.15, -0.1) is 0 Å². The molecule has 0 unspecified atom stereocenters. The van der Waals surface area contributed by atoms with Crippen molar-refractivity contribution < 1.29 is 19.1 Å². The van der Waals surface area contributed by atoms with Crippen molar-refractivity contribution in [2.45, 2.75) is 53.0 Å². The first-order valence-electron chi connectivity index (χ1n) is 9.58. The molecule has 6 nitrogen and oxygen atoms in total. The van der Waals surface area contributed by atoms with E-state index in [9.17, 15) is 14.4 Å². The normalized spacial score (nSPS) is 22.0. The number of hydrogen-bond acceptors (Lipinski definition) is 4. The molecule has 1 fully saturated rings. The summed E-state index contributed by atoms with van der Waals surface area (Å²) < 4.78 is 4.97. The number of carbonyl (C=O) groups is 3. The topological polar surface area (TPSA) is 84.5 Å². The highest BCUT2D eigenvalue weighted by atomic mass is 16.5. The Morgan fingerprint density at radius 2 is 1.85 bits per heavy atom. The molecule has 2 amide bonds. The fourth-order valence-electron chi connectivity index (χ4n) is 3.37. The lowest BCUT2D eigenvalue weighted by Gasteiger charge is -2.34. The smallest absolute Gasteiger partial charge is 0.325 e. The zero-order valence-electron chi connectivity index (χ0n) is 16.6. The van der Waals surface area contributed by atoms with Gasteiger partial charge in [-0.25, -0.2) is 0 Å². The summed E-state index contributed by atoms with van der Waals surface area (Å²) in [6.07, 6.45) is 3.24. The minimum Gasteiger partial charge on any atom is -0.454 e. The highest BCUT2D eigenvalue weighted by Gasteiger charge is 2.28. The monoisotopic (exact) mass is 374 g/mol. The van der Waals surface area contributed by atoms with Crippen molar-refractivity contribution in [1.29, 1.82) is 0 Å². The van der Waals surface area contributed by atoms with E-state index in [4.69, 9.17) is 4.74 Å². The van der Waals surface area contributed by atoms with Gasteiger partial charge in [-0.3, -0.25) is 14.4 Å². The maximum atomic E-state index is 12.1. The van der Waals surface area contributed by atoms with Gasteiger partial charge in [0.2, 0.25) is 0 Å². The highest BCUT2D eigenvalue weighted by molar-refractivity contribution is 5.96. The van der Waals surface area contributed by atoms with E-state index in [0.717, 1.165) is 24.0 Å². The van der Waals surface area contributed by atoms with E-state index < -0.39 is 5.97 Å². The first-order chi connectivity index (χ1) is 12.8. The SMILES string of the molecule is Cc1ccc(C(=O)NCC(=O)OCC(=O)N[C@H]2CCC[C@H](C)[C@@H]2C)cc1C. The first-order valence-corrected chi connectivity index (χ1v) is 9.58. The van der Waals surface area contributed by atoms with Crippen molar-refractivity contribution >= 4 is 17.8 Å². The van der Waals surface area contributed by atoms with Gasteiger partial charge in [0.1, 0.15) is 6.54 Å². The average Bonchev–Trinajstić information content (AvgIpc) is 2.64. The third kappa shape index (κ3) is 6.08. The Morgan fingerprint density at radius 3 is 2.56 bits per heavy atom. The van der Waals surface area contributed by atoms with E-state index in [-0.39, 0.29) is 31.0 Å². The number of ether oxygens (including phenoxy) is 1. The van der Waals surface area contributed by atoms with Crippen molar-refractivity contribution in [3.63, 3.8) is 0 Å². The summed E-state index contributed by atoms with van der Waals surface area (Å²) in [7, 11) is 0. The van der Waals surface area contributed by atoms with Crippen LogP contribution in [-0.2, 0) is 14.3 Å². The third-order valence-corrected chi connectivity index (χ3v) is 5.58. The summed E-state index contributed by atoms with van der Waals surface area (Å²) in [5, 5.41) is 5.47. The lowest BCUT2D eigenvalue weighted by Crippen LogP contribution is -2.45. The fraction of sp³-hybridized carbons (Fsp3) is 0.571. The standard InChI is InChI=1S/C21H30N2O4/c1-13-8-9-17(10-15(13)3)21(26)22-11-20(25)27-12-19(24)23-18-7-5-6-14(2)16(18)4/h8-10,14,16,18H,5-7,11-12H2,1-4H3,(H,22,26)(H,23,24)/t14-,16-,18-/m0/s1. The molecule has 2 N–H and O–H groups in total. The molecule has 0 spiro atoms. The number of nitrogens with one attached hydrogen (secondary N) is 2. The Balaban J connectivity index is 1.71. The van der Waals surface area contributed by atoms with Crippen molar-refractivity contribution in [1.82, 2.24) is 10.6 Å². The van der Waals surface area contributed by atoms with Crippen molar-refractivity contribution in [3.8, 4) is 0 Å². The average molecular weight is 374 g/mol. The van der Waals surface area contributed by atoms with E-state index in [0.29, 0.717) is 17.4 Å². The van der Waals surface area contributed by atoms with E-state index >= 15 is 0 Å². The number of rotatable bonds is 6. The minimum atomic E-state index is -0.632. The Kier molecular flexibility index (Phi) is 7.39. The van der Waals surface area contributed by atoms with Gasteiger partial charge >= 0.3 is 5.97 Å². The summed E-state index contributed by atoms with van der Waals surface area (Å²) in [6, 6.07) is 5.47. The molecular weight excluding hydrogens is 344 g/mol. The molecule has 0 saturated heterocycles.